The molecule has 0 amide bonds. The van der Waals surface area contributed by atoms with Gasteiger partial charge >= 0.3 is 0 Å². The molecule has 0 saturated heterocycles. The van der Waals surface area contributed by atoms with Crippen molar-refractivity contribution in [2.75, 3.05) is 6.54 Å². The maximum absolute atomic E-state index is 10.9. The molecule has 1 aliphatic carbocycles. The highest BCUT2D eigenvalue weighted by molar-refractivity contribution is 5.39. The van der Waals surface area contributed by atoms with Gasteiger partial charge in [-0.15, -0.1) is 0 Å². The Bertz CT molecular complexity index is 481. The van der Waals surface area contributed by atoms with Gasteiger partial charge in [0.15, 0.2) is 0 Å². The van der Waals surface area contributed by atoms with Crippen LogP contribution in [0, 0.1) is 20.9 Å². The Morgan fingerprint density at radius 2 is 1.79 bits per heavy atom. The Balaban J connectivity index is 1.93. The zero-order valence-electron chi connectivity index (χ0n) is 12.1. The van der Waals surface area contributed by atoms with Gasteiger partial charge in [0, 0.05) is 17.7 Å². The molecule has 19 heavy (non-hydrogen) atoms. The Morgan fingerprint density at radius 3 is 2.32 bits per heavy atom. The fraction of sp³-hybridized carbons (Fsp3) is 0.600. The summed E-state index contributed by atoms with van der Waals surface area (Å²) >= 11 is 0. The Kier molecular flexibility index (Phi) is 3.39. The number of nitrogens with zero attached hydrogens (tertiary/aromatic N) is 1. The van der Waals surface area contributed by atoms with E-state index in [1.807, 2.05) is 12.1 Å². The first-order valence-electron chi connectivity index (χ1n) is 6.74. The lowest BCUT2D eigenvalue weighted by Gasteiger charge is -2.07. The lowest BCUT2D eigenvalue weighted by Crippen LogP contribution is -2.24. The minimum absolute atomic E-state index is 0.221. The third-order valence-electron chi connectivity index (χ3n) is 4.95. The number of benzene rings is 1. The molecule has 2 rings (SSSR count). The molecule has 1 fully saturated rings. The predicted octanol–water partition coefficient (Wildman–Crippen LogP) is 3.16. The van der Waals surface area contributed by atoms with Crippen LogP contribution in [0.3, 0.4) is 0 Å². The maximum Gasteiger partial charge on any atom is 0.272 e. The third-order valence-corrected chi connectivity index (χ3v) is 4.95. The van der Waals surface area contributed by atoms with Crippen LogP contribution < -0.4 is 5.32 Å². The van der Waals surface area contributed by atoms with E-state index in [0.29, 0.717) is 23.3 Å². The average Bonchev–Trinajstić information content (AvgIpc) is 2.71. The first kappa shape index (κ1) is 14.0. The first-order chi connectivity index (χ1) is 8.78. The molecule has 104 valence electrons. The summed E-state index contributed by atoms with van der Waals surface area (Å²) < 4.78 is 0. The quantitative estimate of drug-likeness (QED) is 0.655. The predicted molar refractivity (Wildman–Crippen MR) is 76.2 cm³/mol. The van der Waals surface area contributed by atoms with Gasteiger partial charge in [-0.05, 0) is 23.8 Å². The summed E-state index contributed by atoms with van der Waals surface area (Å²) in [5.41, 5.74) is 1.63. The van der Waals surface area contributed by atoms with Crippen molar-refractivity contribution in [2.45, 2.75) is 40.2 Å². The van der Waals surface area contributed by atoms with Crippen molar-refractivity contribution < 1.29 is 4.92 Å². The van der Waals surface area contributed by atoms with Crippen molar-refractivity contribution >= 4 is 5.69 Å². The lowest BCUT2D eigenvalue weighted by atomic mass is 10.0. The van der Waals surface area contributed by atoms with Crippen molar-refractivity contribution in [3.05, 3.63) is 39.9 Å². The summed E-state index contributed by atoms with van der Waals surface area (Å²) in [6, 6.07) is 7.46. The number of nitro benzene ring substituents is 1. The van der Waals surface area contributed by atoms with Crippen molar-refractivity contribution in [1.29, 1.82) is 0 Å². The second-order valence-corrected chi connectivity index (χ2v) is 6.47. The lowest BCUT2D eigenvalue weighted by molar-refractivity contribution is -0.385. The van der Waals surface area contributed by atoms with Crippen molar-refractivity contribution in [1.82, 2.24) is 5.32 Å². The average molecular weight is 262 g/mol. The fourth-order valence-corrected chi connectivity index (χ4v) is 2.96. The second kappa shape index (κ2) is 4.60. The smallest absolute Gasteiger partial charge is 0.272 e. The SMILES string of the molecule is CC1(C)C(NCCc2ccccc2[N+](=O)[O-])C1(C)C. The number of nitro groups is 1. The number of para-hydroxylation sites is 1. The number of rotatable bonds is 5. The molecule has 0 bridgehead atoms. The number of hydrogen-bond donors (Lipinski definition) is 1. The first-order valence-corrected chi connectivity index (χ1v) is 6.74. The maximum atomic E-state index is 10.9. The van der Waals surface area contributed by atoms with Crippen LogP contribution in [-0.4, -0.2) is 17.5 Å². The summed E-state index contributed by atoms with van der Waals surface area (Å²) in [5, 5.41) is 14.5. The van der Waals surface area contributed by atoms with E-state index >= 15 is 0 Å². The molecule has 1 aromatic carbocycles. The Labute approximate surface area is 114 Å². The van der Waals surface area contributed by atoms with Gasteiger partial charge < -0.3 is 5.32 Å². The molecule has 1 aliphatic rings. The fourth-order valence-electron chi connectivity index (χ4n) is 2.96. The van der Waals surface area contributed by atoms with Crippen LogP contribution in [0.2, 0.25) is 0 Å². The molecule has 1 aromatic rings. The van der Waals surface area contributed by atoms with Crippen molar-refractivity contribution in [3.63, 3.8) is 0 Å². The van der Waals surface area contributed by atoms with E-state index in [1.54, 1.807) is 12.1 Å². The number of hydrogen-bond acceptors (Lipinski definition) is 3. The third kappa shape index (κ3) is 2.37. The molecule has 0 spiro atoms. The molecule has 4 heteroatoms. The number of nitrogens with one attached hydrogen (secondary N) is 1. The van der Waals surface area contributed by atoms with Gasteiger partial charge in [-0.25, -0.2) is 0 Å². The van der Waals surface area contributed by atoms with Crippen LogP contribution in [0.4, 0.5) is 5.69 Å². The zero-order chi connectivity index (χ0) is 14.3. The summed E-state index contributed by atoms with van der Waals surface area (Å²) in [6.45, 7) is 9.82. The van der Waals surface area contributed by atoms with Gasteiger partial charge in [0.2, 0.25) is 0 Å². The van der Waals surface area contributed by atoms with Gasteiger partial charge in [-0.2, -0.15) is 0 Å². The Hall–Kier alpha value is -1.42. The van der Waals surface area contributed by atoms with Crippen LogP contribution in [0.1, 0.15) is 33.3 Å². The highest BCUT2D eigenvalue weighted by Crippen LogP contribution is 2.62. The van der Waals surface area contributed by atoms with Gasteiger partial charge in [0.05, 0.1) is 4.92 Å². The van der Waals surface area contributed by atoms with E-state index < -0.39 is 0 Å². The second-order valence-electron chi connectivity index (χ2n) is 6.47. The topological polar surface area (TPSA) is 55.2 Å². The standard InChI is InChI=1S/C15H22N2O2/c1-14(2)13(15(14,3)4)16-10-9-11-7-5-6-8-12(11)17(18)19/h5-8,13,16H,9-10H2,1-4H3. The van der Waals surface area contributed by atoms with Gasteiger partial charge in [0.1, 0.15) is 0 Å². The van der Waals surface area contributed by atoms with Crippen LogP contribution in [-0.2, 0) is 6.42 Å². The summed E-state index contributed by atoms with van der Waals surface area (Å²) in [4.78, 5) is 10.6. The van der Waals surface area contributed by atoms with E-state index in [4.69, 9.17) is 0 Å². The molecular weight excluding hydrogens is 240 g/mol. The van der Waals surface area contributed by atoms with Crippen LogP contribution in [0.25, 0.3) is 0 Å². The molecule has 0 heterocycles. The molecule has 1 saturated carbocycles. The van der Waals surface area contributed by atoms with Crippen LogP contribution in [0.5, 0.6) is 0 Å². The molecule has 0 aliphatic heterocycles. The summed E-state index contributed by atoms with van der Waals surface area (Å²) in [7, 11) is 0. The molecular formula is C15H22N2O2. The Morgan fingerprint density at radius 1 is 1.21 bits per heavy atom. The van der Waals surface area contributed by atoms with Crippen molar-refractivity contribution in [3.8, 4) is 0 Å². The van der Waals surface area contributed by atoms with Gasteiger partial charge in [0.25, 0.3) is 5.69 Å². The van der Waals surface area contributed by atoms with Crippen LogP contribution >= 0.6 is 0 Å². The van der Waals surface area contributed by atoms with E-state index in [0.717, 1.165) is 12.1 Å². The molecule has 0 unspecified atom stereocenters. The molecule has 0 aromatic heterocycles. The normalized spacial score (nSPS) is 20.2. The van der Waals surface area contributed by atoms with E-state index in [2.05, 4.69) is 33.0 Å². The largest absolute Gasteiger partial charge is 0.313 e. The van der Waals surface area contributed by atoms with Crippen LogP contribution in [0.15, 0.2) is 24.3 Å². The van der Waals surface area contributed by atoms with Gasteiger partial charge in [-0.3, -0.25) is 10.1 Å². The van der Waals surface area contributed by atoms with Crippen molar-refractivity contribution in [2.24, 2.45) is 10.8 Å². The van der Waals surface area contributed by atoms with E-state index in [1.165, 1.54) is 0 Å². The van der Waals surface area contributed by atoms with E-state index in [9.17, 15) is 10.1 Å². The molecule has 0 atom stereocenters. The molecule has 0 radical (unpaired) electrons. The molecule has 1 N–H and O–H groups in total. The van der Waals surface area contributed by atoms with E-state index in [-0.39, 0.29) is 10.6 Å². The summed E-state index contributed by atoms with van der Waals surface area (Å²) in [5.74, 6) is 0. The molecule has 4 nitrogen and oxygen atoms in total. The van der Waals surface area contributed by atoms with Gasteiger partial charge in [-0.1, -0.05) is 45.9 Å². The summed E-state index contributed by atoms with van der Waals surface area (Å²) in [6.07, 6.45) is 0.694. The minimum atomic E-state index is -0.305. The monoisotopic (exact) mass is 262 g/mol. The minimum Gasteiger partial charge on any atom is -0.313 e. The highest BCUT2D eigenvalue weighted by atomic mass is 16.6. The highest BCUT2D eigenvalue weighted by Gasteiger charge is 2.64. The zero-order valence-corrected chi connectivity index (χ0v) is 12.1.